The standard InChI is InChI=1S/C12H18BrN/c1-3-12(4-2,9-14)10-6-5-7-11(13)8-10/h5-8H,3-4,9,14H2,1-2H3. The minimum atomic E-state index is 0.157. The number of benzene rings is 1. The van der Waals surface area contributed by atoms with Crippen molar-refractivity contribution in [3.05, 3.63) is 34.3 Å². The van der Waals surface area contributed by atoms with Gasteiger partial charge in [-0.15, -0.1) is 0 Å². The Kier molecular flexibility index (Phi) is 4.14. The molecule has 0 bridgehead atoms. The van der Waals surface area contributed by atoms with Gasteiger partial charge in [-0.05, 0) is 30.5 Å². The zero-order chi connectivity index (χ0) is 10.6. The summed E-state index contributed by atoms with van der Waals surface area (Å²) >= 11 is 3.50. The van der Waals surface area contributed by atoms with Gasteiger partial charge in [0.2, 0.25) is 0 Å². The predicted octanol–water partition coefficient (Wildman–Crippen LogP) is 3.47. The van der Waals surface area contributed by atoms with Crippen molar-refractivity contribution in [2.75, 3.05) is 6.54 Å². The summed E-state index contributed by atoms with van der Waals surface area (Å²) in [7, 11) is 0. The molecule has 2 heteroatoms. The average molecular weight is 256 g/mol. The third kappa shape index (κ3) is 2.18. The largest absolute Gasteiger partial charge is 0.330 e. The van der Waals surface area contributed by atoms with E-state index in [-0.39, 0.29) is 5.41 Å². The van der Waals surface area contributed by atoms with Crippen LogP contribution in [0.4, 0.5) is 0 Å². The lowest BCUT2D eigenvalue weighted by atomic mass is 9.76. The van der Waals surface area contributed by atoms with Crippen molar-refractivity contribution < 1.29 is 0 Å². The molecule has 1 aromatic rings. The summed E-state index contributed by atoms with van der Waals surface area (Å²) in [6, 6.07) is 8.48. The molecular weight excluding hydrogens is 238 g/mol. The van der Waals surface area contributed by atoms with Gasteiger partial charge in [-0.25, -0.2) is 0 Å². The van der Waals surface area contributed by atoms with E-state index in [1.165, 1.54) is 5.56 Å². The summed E-state index contributed by atoms with van der Waals surface area (Å²) in [5, 5.41) is 0. The molecule has 0 amide bonds. The minimum Gasteiger partial charge on any atom is -0.330 e. The smallest absolute Gasteiger partial charge is 0.0178 e. The number of hydrogen-bond donors (Lipinski definition) is 1. The summed E-state index contributed by atoms with van der Waals surface area (Å²) in [5.74, 6) is 0. The summed E-state index contributed by atoms with van der Waals surface area (Å²) in [5.41, 5.74) is 7.40. The molecular formula is C12H18BrN. The summed E-state index contributed by atoms with van der Waals surface area (Å²) in [6.07, 6.45) is 2.19. The van der Waals surface area contributed by atoms with Crippen LogP contribution in [-0.2, 0) is 5.41 Å². The van der Waals surface area contributed by atoms with E-state index >= 15 is 0 Å². The van der Waals surface area contributed by atoms with Crippen molar-refractivity contribution in [3.8, 4) is 0 Å². The van der Waals surface area contributed by atoms with Gasteiger partial charge in [0, 0.05) is 16.4 Å². The third-order valence-electron chi connectivity index (χ3n) is 3.18. The zero-order valence-electron chi connectivity index (χ0n) is 8.89. The lowest BCUT2D eigenvalue weighted by Crippen LogP contribution is -2.33. The molecule has 0 saturated heterocycles. The Balaban J connectivity index is 3.10. The maximum Gasteiger partial charge on any atom is 0.0178 e. The van der Waals surface area contributed by atoms with Gasteiger partial charge in [-0.3, -0.25) is 0 Å². The molecule has 78 valence electrons. The SMILES string of the molecule is CCC(CC)(CN)c1cccc(Br)c1. The lowest BCUT2D eigenvalue weighted by molar-refractivity contribution is 0.406. The first kappa shape index (κ1) is 11.7. The van der Waals surface area contributed by atoms with Crippen LogP contribution in [0.15, 0.2) is 28.7 Å². The summed E-state index contributed by atoms with van der Waals surface area (Å²) in [4.78, 5) is 0. The van der Waals surface area contributed by atoms with Gasteiger partial charge >= 0.3 is 0 Å². The van der Waals surface area contributed by atoms with E-state index in [1.54, 1.807) is 0 Å². The van der Waals surface area contributed by atoms with Crippen LogP contribution in [0, 0.1) is 0 Å². The van der Waals surface area contributed by atoms with Gasteiger partial charge in [-0.2, -0.15) is 0 Å². The highest BCUT2D eigenvalue weighted by Gasteiger charge is 2.26. The second-order valence-corrected chi connectivity index (χ2v) is 4.62. The molecule has 2 N–H and O–H groups in total. The van der Waals surface area contributed by atoms with Crippen LogP contribution in [0.25, 0.3) is 0 Å². The molecule has 0 fully saturated rings. The number of nitrogens with two attached hydrogens (primary N) is 1. The second-order valence-electron chi connectivity index (χ2n) is 3.70. The van der Waals surface area contributed by atoms with E-state index in [2.05, 4.69) is 54.0 Å². The van der Waals surface area contributed by atoms with Gasteiger partial charge in [-0.1, -0.05) is 41.9 Å². The molecule has 0 saturated carbocycles. The Morgan fingerprint density at radius 1 is 1.29 bits per heavy atom. The van der Waals surface area contributed by atoms with Crippen LogP contribution in [0.5, 0.6) is 0 Å². The molecule has 14 heavy (non-hydrogen) atoms. The molecule has 1 nitrogen and oxygen atoms in total. The van der Waals surface area contributed by atoms with Crippen molar-refractivity contribution in [1.82, 2.24) is 0 Å². The Bertz CT molecular complexity index is 284. The fourth-order valence-electron chi connectivity index (χ4n) is 1.88. The molecule has 1 rings (SSSR count). The summed E-state index contributed by atoms with van der Waals surface area (Å²) in [6.45, 7) is 5.13. The average Bonchev–Trinajstić information content (AvgIpc) is 2.22. The van der Waals surface area contributed by atoms with E-state index in [4.69, 9.17) is 5.73 Å². The Hall–Kier alpha value is -0.340. The first-order valence-electron chi connectivity index (χ1n) is 5.14. The Morgan fingerprint density at radius 3 is 2.36 bits per heavy atom. The normalized spacial score (nSPS) is 11.7. The summed E-state index contributed by atoms with van der Waals surface area (Å²) < 4.78 is 1.13. The fourth-order valence-corrected chi connectivity index (χ4v) is 2.28. The van der Waals surface area contributed by atoms with Gasteiger partial charge in [0.15, 0.2) is 0 Å². The first-order chi connectivity index (χ1) is 6.68. The van der Waals surface area contributed by atoms with Crippen molar-refractivity contribution in [2.24, 2.45) is 5.73 Å². The van der Waals surface area contributed by atoms with Crippen LogP contribution in [0.3, 0.4) is 0 Å². The van der Waals surface area contributed by atoms with E-state index < -0.39 is 0 Å². The Labute approximate surface area is 94.8 Å². The zero-order valence-corrected chi connectivity index (χ0v) is 10.5. The maximum absolute atomic E-state index is 5.90. The molecule has 0 aliphatic heterocycles. The van der Waals surface area contributed by atoms with Crippen LogP contribution in [0.1, 0.15) is 32.3 Å². The van der Waals surface area contributed by atoms with Crippen LogP contribution in [-0.4, -0.2) is 6.54 Å². The van der Waals surface area contributed by atoms with E-state index in [0.29, 0.717) is 0 Å². The van der Waals surface area contributed by atoms with E-state index in [1.807, 2.05) is 0 Å². The number of halogens is 1. The fraction of sp³-hybridized carbons (Fsp3) is 0.500. The van der Waals surface area contributed by atoms with Gasteiger partial charge in [0.1, 0.15) is 0 Å². The monoisotopic (exact) mass is 255 g/mol. The highest BCUT2D eigenvalue weighted by molar-refractivity contribution is 9.10. The first-order valence-corrected chi connectivity index (χ1v) is 5.94. The molecule has 1 aromatic carbocycles. The van der Waals surface area contributed by atoms with Crippen molar-refractivity contribution >= 4 is 15.9 Å². The predicted molar refractivity (Wildman–Crippen MR) is 65.5 cm³/mol. The highest BCUT2D eigenvalue weighted by atomic mass is 79.9. The van der Waals surface area contributed by atoms with E-state index in [9.17, 15) is 0 Å². The van der Waals surface area contributed by atoms with Crippen LogP contribution >= 0.6 is 15.9 Å². The molecule has 0 spiro atoms. The third-order valence-corrected chi connectivity index (χ3v) is 3.67. The maximum atomic E-state index is 5.90. The topological polar surface area (TPSA) is 26.0 Å². The lowest BCUT2D eigenvalue weighted by Gasteiger charge is -2.30. The van der Waals surface area contributed by atoms with E-state index in [0.717, 1.165) is 23.9 Å². The molecule has 0 unspecified atom stereocenters. The number of hydrogen-bond acceptors (Lipinski definition) is 1. The quantitative estimate of drug-likeness (QED) is 0.877. The molecule has 0 heterocycles. The van der Waals surface area contributed by atoms with Crippen LogP contribution < -0.4 is 5.73 Å². The van der Waals surface area contributed by atoms with Crippen LogP contribution in [0.2, 0.25) is 0 Å². The molecule has 0 aromatic heterocycles. The second kappa shape index (κ2) is 4.94. The van der Waals surface area contributed by atoms with Crippen molar-refractivity contribution in [2.45, 2.75) is 32.1 Å². The van der Waals surface area contributed by atoms with Gasteiger partial charge in [0.05, 0.1) is 0 Å². The van der Waals surface area contributed by atoms with Gasteiger partial charge in [0.25, 0.3) is 0 Å². The molecule has 0 aliphatic rings. The Morgan fingerprint density at radius 2 is 1.93 bits per heavy atom. The van der Waals surface area contributed by atoms with Crippen molar-refractivity contribution in [3.63, 3.8) is 0 Å². The number of rotatable bonds is 4. The molecule has 0 radical (unpaired) electrons. The minimum absolute atomic E-state index is 0.157. The molecule has 0 aliphatic carbocycles. The highest BCUT2D eigenvalue weighted by Crippen LogP contribution is 2.31. The van der Waals surface area contributed by atoms with Crippen molar-refractivity contribution in [1.29, 1.82) is 0 Å². The molecule has 0 atom stereocenters. The van der Waals surface area contributed by atoms with Gasteiger partial charge < -0.3 is 5.73 Å².